The van der Waals surface area contributed by atoms with Crippen LogP contribution in [0.4, 0.5) is 15.6 Å². The number of amides is 2. The summed E-state index contributed by atoms with van der Waals surface area (Å²) in [5.74, 6) is 0.476. The van der Waals surface area contributed by atoms with E-state index in [1.807, 2.05) is 38.1 Å². The van der Waals surface area contributed by atoms with Gasteiger partial charge in [0.15, 0.2) is 4.34 Å². The fourth-order valence-corrected chi connectivity index (χ4v) is 4.41. The molecule has 0 atom stereocenters. The van der Waals surface area contributed by atoms with Crippen molar-refractivity contribution >= 4 is 45.6 Å². The summed E-state index contributed by atoms with van der Waals surface area (Å²) in [6.07, 6.45) is 1.69. The van der Waals surface area contributed by atoms with E-state index in [-0.39, 0.29) is 11.6 Å². The third-order valence-electron chi connectivity index (χ3n) is 4.45. The normalized spacial score (nSPS) is 10.9. The highest BCUT2D eigenvalue weighted by Gasteiger charge is 2.11. The van der Waals surface area contributed by atoms with Crippen LogP contribution in [0, 0.1) is 13.8 Å². The topological polar surface area (TPSA) is 101 Å². The zero-order valence-corrected chi connectivity index (χ0v) is 17.9. The van der Waals surface area contributed by atoms with Crippen LogP contribution in [0.5, 0.6) is 0 Å². The standard InChI is InChI=1S/C20H18N6O2S2/c1-12-6-5-7-15(13(12)2)22-18(28)23-19-24-25-20(30-19)29-11-14-10-17(27)26-9-4-3-8-16(26)21-14/h3-10H,11H2,1-2H3,(H2,22,23,24,28). The van der Waals surface area contributed by atoms with E-state index in [0.29, 0.717) is 26.6 Å². The molecule has 2 N–H and O–H groups in total. The predicted octanol–water partition coefficient (Wildman–Crippen LogP) is 4.10. The molecule has 0 spiro atoms. The fourth-order valence-electron chi connectivity index (χ4n) is 2.77. The van der Waals surface area contributed by atoms with Crippen molar-refractivity contribution in [3.05, 3.63) is 75.8 Å². The number of thioether (sulfide) groups is 1. The number of nitrogens with zero attached hydrogens (tertiary/aromatic N) is 4. The summed E-state index contributed by atoms with van der Waals surface area (Å²) in [6, 6.07) is 12.3. The van der Waals surface area contributed by atoms with Crippen LogP contribution in [-0.4, -0.2) is 25.6 Å². The van der Waals surface area contributed by atoms with Crippen molar-refractivity contribution < 1.29 is 4.79 Å². The van der Waals surface area contributed by atoms with Gasteiger partial charge in [0.1, 0.15) is 5.65 Å². The van der Waals surface area contributed by atoms with Gasteiger partial charge in [-0.1, -0.05) is 41.3 Å². The minimum Gasteiger partial charge on any atom is -0.307 e. The molecule has 0 aliphatic heterocycles. The van der Waals surface area contributed by atoms with Crippen molar-refractivity contribution in [3.8, 4) is 0 Å². The van der Waals surface area contributed by atoms with E-state index < -0.39 is 0 Å². The number of benzene rings is 1. The van der Waals surface area contributed by atoms with Gasteiger partial charge in [-0.2, -0.15) is 0 Å². The van der Waals surface area contributed by atoms with Gasteiger partial charge in [-0.25, -0.2) is 9.78 Å². The molecule has 10 heteroatoms. The average Bonchev–Trinajstić information content (AvgIpc) is 3.17. The minimum atomic E-state index is -0.374. The number of urea groups is 1. The predicted molar refractivity (Wildman–Crippen MR) is 119 cm³/mol. The lowest BCUT2D eigenvalue weighted by atomic mass is 10.1. The second-order valence-electron chi connectivity index (χ2n) is 6.50. The van der Waals surface area contributed by atoms with Crippen LogP contribution in [-0.2, 0) is 5.75 Å². The molecule has 2 amide bonds. The molecule has 0 unspecified atom stereocenters. The molecule has 3 aromatic heterocycles. The second kappa shape index (κ2) is 8.64. The Kier molecular flexibility index (Phi) is 5.77. The van der Waals surface area contributed by atoms with Crippen LogP contribution < -0.4 is 16.2 Å². The lowest BCUT2D eigenvalue weighted by Crippen LogP contribution is -2.20. The Balaban J connectivity index is 1.38. The summed E-state index contributed by atoms with van der Waals surface area (Å²) in [4.78, 5) is 28.9. The van der Waals surface area contributed by atoms with Crippen LogP contribution >= 0.6 is 23.1 Å². The van der Waals surface area contributed by atoms with Crippen molar-refractivity contribution in [2.45, 2.75) is 23.9 Å². The van der Waals surface area contributed by atoms with Gasteiger partial charge in [0, 0.05) is 23.7 Å². The zero-order chi connectivity index (χ0) is 21.1. The van der Waals surface area contributed by atoms with E-state index in [9.17, 15) is 9.59 Å². The summed E-state index contributed by atoms with van der Waals surface area (Å²) in [5, 5.41) is 14.0. The van der Waals surface area contributed by atoms with Crippen LogP contribution in [0.15, 0.2) is 57.8 Å². The van der Waals surface area contributed by atoms with Gasteiger partial charge >= 0.3 is 6.03 Å². The van der Waals surface area contributed by atoms with Gasteiger partial charge in [-0.3, -0.25) is 14.5 Å². The SMILES string of the molecule is Cc1cccc(NC(=O)Nc2nnc(SCc3cc(=O)n4ccccc4n3)s2)c1C. The zero-order valence-electron chi connectivity index (χ0n) is 16.2. The number of carbonyl (C=O) groups excluding carboxylic acids is 1. The molecule has 0 aliphatic rings. The summed E-state index contributed by atoms with van der Waals surface area (Å²) >= 11 is 2.67. The third kappa shape index (κ3) is 4.50. The molecule has 0 radical (unpaired) electrons. The number of anilines is 2. The molecule has 0 saturated heterocycles. The number of hydrogen-bond acceptors (Lipinski definition) is 7. The number of aromatic nitrogens is 4. The van der Waals surface area contributed by atoms with E-state index in [4.69, 9.17) is 0 Å². The maximum absolute atomic E-state index is 12.3. The Morgan fingerprint density at radius 1 is 1.13 bits per heavy atom. The summed E-state index contributed by atoms with van der Waals surface area (Å²) < 4.78 is 2.17. The fraction of sp³-hybridized carbons (Fsp3) is 0.150. The van der Waals surface area contributed by atoms with Crippen molar-refractivity contribution in [1.82, 2.24) is 19.6 Å². The number of hydrogen-bond donors (Lipinski definition) is 2. The lowest BCUT2D eigenvalue weighted by Gasteiger charge is -2.09. The van der Waals surface area contributed by atoms with Crippen LogP contribution in [0.3, 0.4) is 0 Å². The Hall–Kier alpha value is -3.24. The lowest BCUT2D eigenvalue weighted by molar-refractivity contribution is 0.262. The Labute approximate surface area is 180 Å². The number of carbonyl (C=O) groups is 1. The molecule has 152 valence electrons. The van der Waals surface area contributed by atoms with Crippen molar-refractivity contribution in [2.75, 3.05) is 10.6 Å². The molecular weight excluding hydrogens is 420 g/mol. The summed E-state index contributed by atoms with van der Waals surface area (Å²) in [6.45, 7) is 3.95. The Morgan fingerprint density at radius 2 is 2.00 bits per heavy atom. The van der Waals surface area contributed by atoms with Gasteiger partial charge in [0.05, 0.1) is 5.69 Å². The Morgan fingerprint density at radius 3 is 2.87 bits per heavy atom. The Bertz CT molecular complexity index is 1280. The molecule has 3 heterocycles. The van der Waals surface area contributed by atoms with Gasteiger partial charge in [0.25, 0.3) is 5.56 Å². The van der Waals surface area contributed by atoms with Gasteiger partial charge in [0.2, 0.25) is 5.13 Å². The maximum atomic E-state index is 12.3. The summed E-state index contributed by atoms with van der Waals surface area (Å²) in [5.41, 5.74) is 4.00. The first-order valence-corrected chi connectivity index (χ1v) is 10.9. The highest BCUT2D eigenvalue weighted by molar-refractivity contribution is 8.00. The third-order valence-corrected chi connectivity index (χ3v) is 6.45. The number of aryl methyl sites for hydroxylation is 1. The summed E-state index contributed by atoms with van der Waals surface area (Å²) in [7, 11) is 0. The van der Waals surface area contributed by atoms with Crippen molar-refractivity contribution in [2.24, 2.45) is 0 Å². The van der Waals surface area contributed by atoms with E-state index in [0.717, 1.165) is 16.8 Å². The molecule has 0 saturated carbocycles. The van der Waals surface area contributed by atoms with Gasteiger partial charge in [-0.15, -0.1) is 10.2 Å². The smallest absolute Gasteiger partial charge is 0.307 e. The maximum Gasteiger partial charge on any atom is 0.325 e. The van der Waals surface area contributed by atoms with Gasteiger partial charge in [-0.05, 0) is 43.2 Å². The number of nitrogens with one attached hydrogen (secondary N) is 2. The van der Waals surface area contributed by atoms with Crippen LogP contribution in [0.25, 0.3) is 5.65 Å². The van der Waals surface area contributed by atoms with E-state index >= 15 is 0 Å². The molecule has 1 aromatic carbocycles. The number of pyridine rings is 1. The molecule has 4 aromatic rings. The van der Waals surface area contributed by atoms with Crippen molar-refractivity contribution in [1.29, 1.82) is 0 Å². The van der Waals surface area contributed by atoms with Gasteiger partial charge < -0.3 is 5.32 Å². The van der Waals surface area contributed by atoms with E-state index in [2.05, 4.69) is 25.8 Å². The molecule has 0 aliphatic carbocycles. The molecule has 0 fully saturated rings. The first-order chi connectivity index (χ1) is 14.5. The second-order valence-corrected chi connectivity index (χ2v) is 8.70. The quantitative estimate of drug-likeness (QED) is 0.359. The minimum absolute atomic E-state index is 0.126. The molecule has 4 rings (SSSR count). The molecular formula is C20H18N6O2S2. The molecule has 30 heavy (non-hydrogen) atoms. The average molecular weight is 439 g/mol. The monoisotopic (exact) mass is 438 g/mol. The first kappa shape index (κ1) is 20.0. The highest BCUT2D eigenvalue weighted by atomic mass is 32.2. The van der Waals surface area contributed by atoms with E-state index in [1.165, 1.54) is 33.6 Å². The number of rotatable bonds is 5. The van der Waals surface area contributed by atoms with Crippen LogP contribution in [0.1, 0.15) is 16.8 Å². The highest BCUT2D eigenvalue weighted by Crippen LogP contribution is 2.28. The van der Waals surface area contributed by atoms with Crippen molar-refractivity contribution in [3.63, 3.8) is 0 Å². The first-order valence-electron chi connectivity index (χ1n) is 9.07. The van der Waals surface area contributed by atoms with E-state index in [1.54, 1.807) is 18.3 Å². The largest absolute Gasteiger partial charge is 0.325 e. The number of fused-ring (bicyclic) bond motifs is 1. The van der Waals surface area contributed by atoms with Crippen LogP contribution in [0.2, 0.25) is 0 Å². The molecule has 8 nitrogen and oxygen atoms in total. The molecule has 0 bridgehead atoms.